The number of benzene rings is 3. The van der Waals surface area contributed by atoms with E-state index in [2.05, 4.69) is 20.9 Å². The summed E-state index contributed by atoms with van der Waals surface area (Å²) in [5.41, 5.74) is 11.2. The summed E-state index contributed by atoms with van der Waals surface area (Å²) in [6.07, 6.45) is 2.88. The molecule has 2 aromatic heterocycles. The number of H-pyrrole nitrogens is 1. The first-order valence-electron chi connectivity index (χ1n) is 10.7. The Morgan fingerprint density at radius 2 is 1.58 bits per heavy atom. The van der Waals surface area contributed by atoms with Crippen LogP contribution in [0, 0.1) is 0 Å². The SMILES string of the molecule is NC1CCC(n2c3ccccc3c3c4c(c5c6ccccc6[nH]c5c32)C(=O)NC4=O)C1. The summed E-state index contributed by atoms with van der Waals surface area (Å²) in [6.45, 7) is 0. The maximum absolute atomic E-state index is 13.0. The molecule has 4 N–H and O–H groups in total. The summed E-state index contributed by atoms with van der Waals surface area (Å²) in [4.78, 5) is 29.6. The lowest BCUT2D eigenvalue weighted by molar-refractivity contribution is 0.0880. The van der Waals surface area contributed by atoms with E-state index in [-0.39, 0.29) is 23.9 Å². The Kier molecular flexibility index (Phi) is 3.16. The van der Waals surface area contributed by atoms with E-state index in [0.29, 0.717) is 11.1 Å². The summed E-state index contributed by atoms with van der Waals surface area (Å²) in [5, 5.41) is 6.19. The number of rotatable bonds is 1. The second-order valence-electron chi connectivity index (χ2n) is 8.79. The van der Waals surface area contributed by atoms with Gasteiger partial charge in [-0.25, -0.2) is 0 Å². The van der Waals surface area contributed by atoms with Crippen molar-refractivity contribution in [3.05, 3.63) is 59.7 Å². The molecule has 152 valence electrons. The Balaban J connectivity index is 1.80. The number of carbonyl (C=O) groups is 2. The quantitative estimate of drug-likeness (QED) is 0.360. The second-order valence-corrected chi connectivity index (χ2v) is 8.79. The maximum Gasteiger partial charge on any atom is 0.259 e. The zero-order chi connectivity index (χ0) is 20.9. The van der Waals surface area contributed by atoms with E-state index < -0.39 is 0 Å². The van der Waals surface area contributed by atoms with Crippen LogP contribution in [0.4, 0.5) is 0 Å². The third kappa shape index (κ3) is 2.05. The van der Waals surface area contributed by atoms with Gasteiger partial charge in [-0.3, -0.25) is 14.9 Å². The molecule has 3 aromatic carbocycles. The molecule has 31 heavy (non-hydrogen) atoms. The number of para-hydroxylation sites is 2. The molecular formula is C25H20N4O2. The van der Waals surface area contributed by atoms with Gasteiger partial charge in [0.1, 0.15) is 0 Å². The molecule has 2 atom stereocenters. The Morgan fingerprint density at radius 1 is 0.871 bits per heavy atom. The number of nitrogens with zero attached hydrogens (tertiary/aromatic N) is 1. The average molecular weight is 408 g/mol. The summed E-state index contributed by atoms with van der Waals surface area (Å²) in [7, 11) is 0. The number of aromatic amines is 1. The Labute approximate surface area is 177 Å². The molecule has 1 aliphatic carbocycles. The van der Waals surface area contributed by atoms with E-state index in [1.165, 1.54) is 0 Å². The zero-order valence-electron chi connectivity index (χ0n) is 16.7. The molecule has 5 aromatic rings. The molecule has 2 unspecified atom stereocenters. The summed E-state index contributed by atoms with van der Waals surface area (Å²) in [6, 6.07) is 16.6. The minimum absolute atomic E-state index is 0.179. The van der Waals surface area contributed by atoms with Crippen LogP contribution in [-0.2, 0) is 0 Å². The van der Waals surface area contributed by atoms with Gasteiger partial charge in [0.05, 0.1) is 22.2 Å². The fraction of sp³-hybridized carbons (Fsp3) is 0.200. The van der Waals surface area contributed by atoms with Crippen molar-refractivity contribution in [1.29, 1.82) is 0 Å². The van der Waals surface area contributed by atoms with Crippen molar-refractivity contribution in [2.24, 2.45) is 5.73 Å². The molecule has 6 nitrogen and oxygen atoms in total. The van der Waals surface area contributed by atoms with Crippen LogP contribution in [0.2, 0.25) is 0 Å². The number of fused-ring (bicyclic) bond motifs is 10. The van der Waals surface area contributed by atoms with Crippen LogP contribution >= 0.6 is 0 Å². The molecule has 0 spiro atoms. The number of nitrogens with two attached hydrogens (primary N) is 1. The molecular weight excluding hydrogens is 388 g/mol. The second kappa shape index (κ2) is 5.74. The number of carbonyl (C=O) groups excluding carboxylic acids is 2. The van der Waals surface area contributed by atoms with E-state index >= 15 is 0 Å². The van der Waals surface area contributed by atoms with E-state index in [0.717, 1.165) is 62.9 Å². The zero-order valence-corrected chi connectivity index (χ0v) is 16.7. The van der Waals surface area contributed by atoms with Gasteiger partial charge in [-0.05, 0) is 31.4 Å². The van der Waals surface area contributed by atoms with E-state index in [4.69, 9.17) is 5.73 Å². The monoisotopic (exact) mass is 408 g/mol. The van der Waals surface area contributed by atoms with E-state index in [9.17, 15) is 9.59 Å². The van der Waals surface area contributed by atoms with Gasteiger partial charge in [0, 0.05) is 44.7 Å². The van der Waals surface area contributed by atoms with Crippen LogP contribution in [0.25, 0.3) is 43.6 Å². The van der Waals surface area contributed by atoms with Crippen molar-refractivity contribution in [3.8, 4) is 0 Å². The molecule has 1 fully saturated rings. The summed E-state index contributed by atoms with van der Waals surface area (Å²) >= 11 is 0. The van der Waals surface area contributed by atoms with Gasteiger partial charge in [0.2, 0.25) is 0 Å². The molecule has 2 amide bonds. The fourth-order valence-corrected chi connectivity index (χ4v) is 5.88. The molecule has 0 radical (unpaired) electrons. The predicted molar refractivity (Wildman–Crippen MR) is 121 cm³/mol. The predicted octanol–water partition coefficient (Wildman–Crippen LogP) is 4.36. The lowest BCUT2D eigenvalue weighted by Crippen LogP contribution is -2.20. The normalized spacial score (nSPS) is 21.1. The third-order valence-corrected chi connectivity index (χ3v) is 7.10. The van der Waals surface area contributed by atoms with Gasteiger partial charge in [-0.1, -0.05) is 36.4 Å². The third-order valence-electron chi connectivity index (χ3n) is 7.10. The lowest BCUT2D eigenvalue weighted by Gasteiger charge is -2.16. The highest BCUT2D eigenvalue weighted by Crippen LogP contribution is 2.46. The average Bonchev–Trinajstić information content (AvgIpc) is 3.50. The van der Waals surface area contributed by atoms with Gasteiger partial charge in [0.25, 0.3) is 11.8 Å². The van der Waals surface area contributed by atoms with Crippen LogP contribution in [-0.4, -0.2) is 27.4 Å². The number of hydrogen-bond acceptors (Lipinski definition) is 3. The van der Waals surface area contributed by atoms with E-state index in [1.807, 2.05) is 42.5 Å². The van der Waals surface area contributed by atoms with Gasteiger partial charge in [-0.2, -0.15) is 0 Å². The summed E-state index contributed by atoms with van der Waals surface area (Å²) < 4.78 is 2.37. The first kappa shape index (κ1) is 17.1. The minimum Gasteiger partial charge on any atom is -0.353 e. The van der Waals surface area contributed by atoms with Gasteiger partial charge < -0.3 is 15.3 Å². The number of imide groups is 1. The molecule has 2 aliphatic rings. The molecule has 1 aliphatic heterocycles. The molecule has 3 heterocycles. The van der Waals surface area contributed by atoms with Crippen LogP contribution in [0.1, 0.15) is 46.0 Å². The minimum atomic E-state index is -0.323. The van der Waals surface area contributed by atoms with Crippen molar-refractivity contribution in [2.45, 2.75) is 31.3 Å². The highest BCUT2D eigenvalue weighted by Gasteiger charge is 2.37. The lowest BCUT2D eigenvalue weighted by atomic mass is 9.96. The van der Waals surface area contributed by atoms with Crippen LogP contribution in [0.3, 0.4) is 0 Å². The number of aromatic nitrogens is 2. The maximum atomic E-state index is 13.0. The largest absolute Gasteiger partial charge is 0.353 e. The van der Waals surface area contributed by atoms with Crippen LogP contribution in [0.15, 0.2) is 48.5 Å². The Morgan fingerprint density at radius 3 is 2.35 bits per heavy atom. The van der Waals surface area contributed by atoms with Crippen molar-refractivity contribution in [1.82, 2.24) is 14.9 Å². The van der Waals surface area contributed by atoms with Gasteiger partial charge in [-0.15, -0.1) is 0 Å². The Hall–Kier alpha value is -3.64. The van der Waals surface area contributed by atoms with Crippen molar-refractivity contribution in [2.75, 3.05) is 0 Å². The number of hydrogen-bond donors (Lipinski definition) is 3. The van der Waals surface area contributed by atoms with Gasteiger partial charge in [0.15, 0.2) is 0 Å². The fourth-order valence-electron chi connectivity index (χ4n) is 5.88. The molecule has 1 saturated carbocycles. The van der Waals surface area contributed by atoms with Crippen LogP contribution in [0.5, 0.6) is 0 Å². The topological polar surface area (TPSA) is 92.9 Å². The van der Waals surface area contributed by atoms with E-state index in [1.54, 1.807) is 0 Å². The molecule has 7 rings (SSSR count). The summed E-state index contributed by atoms with van der Waals surface area (Å²) in [5.74, 6) is -0.639. The van der Waals surface area contributed by atoms with Crippen LogP contribution < -0.4 is 11.1 Å². The number of amides is 2. The highest BCUT2D eigenvalue weighted by molar-refractivity contribution is 6.39. The van der Waals surface area contributed by atoms with Gasteiger partial charge >= 0.3 is 0 Å². The highest BCUT2D eigenvalue weighted by atomic mass is 16.2. The van der Waals surface area contributed by atoms with Crippen molar-refractivity contribution in [3.63, 3.8) is 0 Å². The molecule has 0 saturated heterocycles. The smallest absolute Gasteiger partial charge is 0.259 e. The Bertz CT molecular complexity index is 1610. The van der Waals surface area contributed by atoms with Crippen molar-refractivity contribution < 1.29 is 9.59 Å². The molecule has 0 bridgehead atoms. The van der Waals surface area contributed by atoms with Crippen molar-refractivity contribution >= 4 is 55.4 Å². The number of nitrogens with one attached hydrogen (secondary N) is 2. The first-order chi connectivity index (χ1) is 15.1. The standard InChI is InChI=1S/C25H20N4O2/c26-12-9-10-13(11-12)29-17-8-4-2-6-15(17)19-21-20(24(30)28-25(21)31)18-14-5-1-3-7-16(14)27-22(18)23(19)29/h1-8,12-13,27H,9-11,26H2,(H,28,30,31). The molecule has 6 heteroatoms. The first-order valence-corrected chi connectivity index (χ1v) is 10.7.